The van der Waals surface area contributed by atoms with Gasteiger partial charge in [0.25, 0.3) is 5.91 Å². The molecule has 308 valence electrons. The standard InChI is InChI=1S/C39H43N11O8S/c40-59(57,58)26-13-11-24(12-14-26)43-38(55)44-25-15-16-48(19-25)37-46-34(41-18-27(22-7-3-1-4-8-22)23-9-5-2-6-10-23)31-35(47-37)49(21-42-31)29-17-30(33(53)32(29)52)50-36(54)28(20-51)45-39(50)56/h1-14,21,25,27-30,32-33,51-53H,15-20H2,(H,45,56)(H2,40,57,58)(H,41,46,47)(H2,43,44,55)/t25?,28-,29-,30+,32+,33-/m1/s1. The highest BCUT2D eigenvalue weighted by Crippen LogP contribution is 2.38. The number of imide groups is 1. The summed E-state index contributed by atoms with van der Waals surface area (Å²) < 4.78 is 24.9. The van der Waals surface area contributed by atoms with E-state index < -0.39 is 64.9 Å². The smallest absolute Gasteiger partial charge is 0.325 e. The van der Waals surface area contributed by atoms with E-state index in [1.807, 2.05) is 41.3 Å². The molecule has 2 saturated heterocycles. The zero-order chi connectivity index (χ0) is 41.4. The number of sulfonamides is 1. The van der Waals surface area contributed by atoms with E-state index in [0.717, 1.165) is 16.0 Å². The summed E-state index contributed by atoms with van der Waals surface area (Å²) in [4.78, 5) is 55.9. The van der Waals surface area contributed by atoms with Gasteiger partial charge in [0.15, 0.2) is 17.0 Å². The molecule has 8 rings (SSSR count). The molecule has 3 fully saturated rings. The van der Waals surface area contributed by atoms with Gasteiger partial charge in [0.1, 0.15) is 18.2 Å². The average Bonchev–Trinajstić information content (AvgIpc) is 4.00. The third-order valence-electron chi connectivity index (χ3n) is 11.1. The summed E-state index contributed by atoms with van der Waals surface area (Å²) in [5.74, 6) is -0.0620. The van der Waals surface area contributed by atoms with E-state index in [1.54, 1.807) is 4.57 Å². The zero-order valence-electron chi connectivity index (χ0n) is 31.5. The molecule has 5 amide bonds. The van der Waals surface area contributed by atoms with Crippen molar-refractivity contribution in [1.29, 1.82) is 0 Å². The summed E-state index contributed by atoms with van der Waals surface area (Å²) in [6.45, 7) is 0.606. The van der Waals surface area contributed by atoms with Crippen molar-refractivity contribution in [2.75, 3.05) is 41.8 Å². The van der Waals surface area contributed by atoms with Crippen molar-refractivity contribution in [3.8, 4) is 0 Å². The molecule has 1 unspecified atom stereocenters. The lowest BCUT2D eigenvalue weighted by Gasteiger charge is -2.24. The van der Waals surface area contributed by atoms with Gasteiger partial charge in [-0.05, 0) is 48.2 Å². The van der Waals surface area contributed by atoms with Crippen LogP contribution in [0, 0.1) is 0 Å². The Labute approximate surface area is 338 Å². The molecule has 59 heavy (non-hydrogen) atoms. The van der Waals surface area contributed by atoms with E-state index >= 15 is 0 Å². The van der Waals surface area contributed by atoms with Crippen molar-refractivity contribution in [2.24, 2.45) is 5.14 Å². The number of imidazole rings is 1. The number of carbonyl (C=O) groups excluding carboxylic acids is 3. The number of carbonyl (C=O) groups is 3. The number of aromatic nitrogens is 4. The maximum atomic E-state index is 13.0. The molecular formula is C39H43N11O8S. The molecule has 0 radical (unpaired) electrons. The minimum absolute atomic E-state index is 0.0210. The highest BCUT2D eigenvalue weighted by atomic mass is 32.2. The van der Waals surface area contributed by atoms with Gasteiger partial charge in [-0.1, -0.05) is 60.7 Å². The first-order valence-corrected chi connectivity index (χ1v) is 20.6. The molecule has 20 heteroatoms. The van der Waals surface area contributed by atoms with Crippen molar-refractivity contribution in [2.45, 2.75) is 60.0 Å². The summed E-state index contributed by atoms with van der Waals surface area (Å²) in [5.41, 5.74) is 3.24. The lowest BCUT2D eigenvalue weighted by atomic mass is 9.91. The van der Waals surface area contributed by atoms with Gasteiger partial charge in [-0.2, -0.15) is 9.97 Å². The highest BCUT2D eigenvalue weighted by Gasteiger charge is 2.52. The van der Waals surface area contributed by atoms with Crippen LogP contribution in [0.1, 0.15) is 35.9 Å². The molecule has 9 N–H and O–H groups in total. The Bertz CT molecular complexity index is 2420. The number of primary sulfonamides is 1. The number of anilines is 3. The first-order chi connectivity index (χ1) is 28.4. The summed E-state index contributed by atoms with van der Waals surface area (Å²) in [7, 11) is -3.89. The largest absolute Gasteiger partial charge is 0.394 e. The second-order valence-electron chi connectivity index (χ2n) is 14.8. The lowest BCUT2D eigenvalue weighted by molar-refractivity contribution is -0.131. The molecule has 0 spiro atoms. The normalized spacial score (nSPS) is 23.3. The van der Waals surface area contributed by atoms with Crippen molar-refractivity contribution >= 4 is 56.6 Å². The molecule has 1 aliphatic carbocycles. The summed E-state index contributed by atoms with van der Waals surface area (Å²) in [6, 6.07) is 20.9. The van der Waals surface area contributed by atoms with Crippen molar-refractivity contribution in [3.63, 3.8) is 0 Å². The number of fused-ring (bicyclic) bond motifs is 1. The van der Waals surface area contributed by atoms with E-state index in [9.17, 15) is 38.1 Å². The average molecular weight is 826 g/mol. The Hall–Kier alpha value is -6.19. The number of nitrogens with two attached hydrogens (primary N) is 1. The van der Waals surface area contributed by atoms with Gasteiger partial charge >= 0.3 is 12.1 Å². The first-order valence-electron chi connectivity index (χ1n) is 19.0. The fourth-order valence-corrected chi connectivity index (χ4v) is 8.57. The first kappa shape index (κ1) is 39.6. The molecule has 5 aromatic rings. The fourth-order valence-electron chi connectivity index (χ4n) is 8.05. The number of aliphatic hydroxyl groups excluding tert-OH is 3. The molecule has 2 aromatic heterocycles. The van der Waals surface area contributed by atoms with Crippen LogP contribution in [0.4, 0.5) is 27.0 Å². The number of nitrogens with one attached hydrogen (secondary N) is 4. The third-order valence-corrected chi connectivity index (χ3v) is 12.0. The van der Waals surface area contributed by atoms with Gasteiger partial charge < -0.3 is 46.1 Å². The number of benzene rings is 3. The number of amides is 5. The Balaban J connectivity index is 1.08. The number of hydrogen-bond acceptors (Lipinski definition) is 13. The van der Waals surface area contributed by atoms with E-state index in [0.29, 0.717) is 54.7 Å². The van der Waals surface area contributed by atoms with E-state index in [2.05, 4.69) is 50.5 Å². The summed E-state index contributed by atoms with van der Waals surface area (Å²) in [5, 5.41) is 48.9. The van der Waals surface area contributed by atoms with Crippen LogP contribution in [-0.2, 0) is 14.8 Å². The number of rotatable bonds is 12. The number of aliphatic hydroxyl groups is 3. The Morgan fingerprint density at radius 2 is 1.59 bits per heavy atom. The highest BCUT2D eigenvalue weighted by molar-refractivity contribution is 7.89. The van der Waals surface area contributed by atoms with Crippen LogP contribution < -0.4 is 31.3 Å². The Kier molecular flexibility index (Phi) is 10.9. The van der Waals surface area contributed by atoms with Crippen LogP contribution in [0.15, 0.2) is 96.2 Å². The van der Waals surface area contributed by atoms with Gasteiger partial charge in [0.2, 0.25) is 16.0 Å². The molecule has 0 bridgehead atoms. The van der Waals surface area contributed by atoms with Crippen LogP contribution >= 0.6 is 0 Å². The van der Waals surface area contributed by atoms with E-state index in [1.165, 1.54) is 30.6 Å². The fraction of sp³-hybridized carbons (Fsp3) is 0.333. The number of nitrogens with zero attached hydrogens (tertiary/aromatic N) is 6. The molecule has 4 heterocycles. The monoisotopic (exact) mass is 825 g/mol. The summed E-state index contributed by atoms with van der Waals surface area (Å²) >= 11 is 0. The van der Waals surface area contributed by atoms with Crippen LogP contribution in [0.3, 0.4) is 0 Å². The van der Waals surface area contributed by atoms with Crippen LogP contribution in [-0.4, -0.2) is 123 Å². The molecule has 3 aliphatic rings. The second-order valence-corrected chi connectivity index (χ2v) is 16.4. The van der Waals surface area contributed by atoms with Gasteiger partial charge in [-0.3, -0.25) is 9.69 Å². The molecule has 2 aliphatic heterocycles. The lowest BCUT2D eigenvalue weighted by Crippen LogP contribution is -2.47. The maximum absolute atomic E-state index is 13.0. The van der Waals surface area contributed by atoms with Crippen molar-refractivity contribution < 1.29 is 38.1 Å². The molecule has 1 saturated carbocycles. The van der Waals surface area contributed by atoms with Gasteiger partial charge in [0, 0.05) is 37.3 Å². The predicted molar refractivity (Wildman–Crippen MR) is 215 cm³/mol. The maximum Gasteiger partial charge on any atom is 0.325 e. The molecule has 3 aromatic carbocycles. The van der Waals surface area contributed by atoms with E-state index in [4.69, 9.17) is 15.1 Å². The third kappa shape index (κ3) is 7.99. The second kappa shape index (κ2) is 16.2. The number of hydrogen-bond donors (Lipinski definition) is 8. The minimum atomic E-state index is -3.89. The summed E-state index contributed by atoms with van der Waals surface area (Å²) in [6.07, 6.45) is -0.908. The van der Waals surface area contributed by atoms with Crippen LogP contribution in [0.5, 0.6) is 0 Å². The van der Waals surface area contributed by atoms with Crippen molar-refractivity contribution in [1.82, 2.24) is 35.1 Å². The Morgan fingerprint density at radius 3 is 2.22 bits per heavy atom. The molecular weight excluding hydrogens is 783 g/mol. The minimum Gasteiger partial charge on any atom is -0.394 e. The Morgan fingerprint density at radius 1 is 0.932 bits per heavy atom. The quantitative estimate of drug-likeness (QED) is 0.0820. The van der Waals surface area contributed by atoms with E-state index in [-0.39, 0.29) is 23.3 Å². The van der Waals surface area contributed by atoms with Gasteiger partial charge in [-0.15, -0.1) is 0 Å². The predicted octanol–water partition coefficient (Wildman–Crippen LogP) is 1.07. The number of urea groups is 2. The zero-order valence-corrected chi connectivity index (χ0v) is 32.3. The van der Waals surface area contributed by atoms with Gasteiger partial charge in [-0.25, -0.2) is 28.1 Å². The molecule has 19 nitrogen and oxygen atoms in total. The SMILES string of the molecule is NS(=O)(=O)c1ccc(NC(=O)NC2CCN(c3nc(NCC(c4ccccc4)c4ccccc4)c4ncn([C@@H]5C[C@H](N6C(=O)N[C@H](CO)C6=O)[C@@H](O)[C@H]5O)c4n3)C2)cc1. The van der Waals surface area contributed by atoms with Crippen LogP contribution in [0.25, 0.3) is 11.2 Å². The van der Waals surface area contributed by atoms with Crippen molar-refractivity contribution in [3.05, 3.63) is 102 Å². The topological polar surface area (TPSA) is 270 Å². The molecule has 6 atom stereocenters. The van der Waals surface area contributed by atoms with Gasteiger partial charge in [0.05, 0.1) is 29.9 Å². The van der Waals surface area contributed by atoms with Crippen LogP contribution in [0.2, 0.25) is 0 Å².